The van der Waals surface area contributed by atoms with Gasteiger partial charge in [-0.3, -0.25) is 9.89 Å². The predicted molar refractivity (Wildman–Crippen MR) is 147 cm³/mol. The fraction of sp³-hybridized carbons (Fsp3) is 0.821. The van der Waals surface area contributed by atoms with E-state index in [2.05, 4.69) is 76.0 Å². The molecule has 0 fully saturated rings. The van der Waals surface area contributed by atoms with E-state index in [4.69, 9.17) is 11.6 Å². The third kappa shape index (κ3) is 7.71. The number of carbonyl (C=O) groups excluding carboxylic acids is 1. The van der Waals surface area contributed by atoms with Gasteiger partial charge in [-0.05, 0) is 20.3 Å². The van der Waals surface area contributed by atoms with Gasteiger partial charge < -0.3 is 5.32 Å². The highest BCUT2D eigenvalue weighted by molar-refractivity contribution is 6.34. The second kappa shape index (κ2) is 12.6. The number of aromatic nitrogens is 4. The predicted octanol–water partition coefficient (Wildman–Crippen LogP) is 7.88. The van der Waals surface area contributed by atoms with Crippen LogP contribution in [0.2, 0.25) is 5.02 Å². The smallest absolute Gasteiger partial charge is 0.220 e. The summed E-state index contributed by atoms with van der Waals surface area (Å²) in [5.41, 5.74) is 0.409. The van der Waals surface area contributed by atoms with Crippen LogP contribution in [0.4, 0.5) is 0 Å². The Balaban J connectivity index is 1.85. The summed E-state index contributed by atoms with van der Waals surface area (Å²) in [6.07, 6.45) is 14.6. The van der Waals surface area contributed by atoms with Gasteiger partial charge in [-0.2, -0.15) is 0 Å². The summed E-state index contributed by atoms with van der Waals surface area (Å²) >= 11 is 6.62. The summed E-state index contributed by atoms with van der Waals surface area (Å²) in [5, 5.41) is 16.1. The molecule has 0 unspecified atom stereocenters. The molecule has 200 valence electrons. The molecule has 7 heteroatoms. The molecule has 0 saturated carbocycles. The first-order valence-corrected chi connectivity index (χ1v) is 14.1. The van der Waals surface area contributed by atoms with E-state index >= 15 is 0 Å². The third-order valence-corrected chi connectivity index (χ3v) is 7.99. The van der Waals surface area contributed by atoms with Gasteiger partial charge in [-0.1, -0.05) is 117 Å². The number of nitrogens with zero attached hydrogens (tertiary/aromatic N) is 3. The number of fused-ring (bicyclic) bond motifs is 1. The highest BCUT2D eigenvalue weighted by Crippen LogP contribution is 2.37. The van der Waals surface area contributed by atoms with Crippen molar-refractivity contribution in [2.45, 2.75) is 149 Å². The molecular formula is C28H50ClN5O. The quantitative estimate of drug-likeness (QED) is 0.241. The molecule has 2 N–H and O–H groups in total. The Bertz CT molecular complexity index is 935. The molecule has 2 aromatic heterocycles. The number of amides is 1. The van der Waals surface area contributed by atoms with Gasteiger partial charge in [0.05, 0.1) is 5.69 Å². The van der Waals surface area contributed by atoms with Gasteiger partial charge in [0.1, 0.15) is 5.02 Å². The minimum atomic E-state index is -0.524. The van der Waals surface area contributed by atoms with E-state index in [-0.39, 0.29) is 11.3 Å². The summed E-state index contributed by atoms with van der Waals surface area (Å²) in [7, 11) is 0. The summed E-state index contributed by atoms with van der Waals surface area (Å²) < 4.78 is 1.88. The van der Waals surface area contributed by atoms with Gasteiger partial charge in [0.2, 0.25) is 5.91 Å². The Hall–Kier alpha value is -1.56. The Morgan fingerprint density at radius 3 is 1.89 bits per heavy atom. The summed E-state index contributed by atoms with van der Waals surface area (Å²) in [6.45, 7) is 16.9. The van der Waals surface area contributed by atoms with Crippen molar-refractivity contribution < 1.29 is 4.79 Å². The number of rotatable bonds is 15. The molecule has 0 aliphatic heterocycles. The minimum Gasteiger partial charge on any atom is -0.350 e. The SMILES string of the molecule is CCCCCCCCCCCCCC(=O)NC(C)(C)C(C)(C)c1nnc2c(Cl)c(C(C)(C)C)[nH]n12. The van der Waals surface area contributed by atoms with Gasteiger partial charge in [-0.15, -0.1) is 10.2 Å². The van der Waals surface area contributed by atoms with E-state index in [1.165, 1.54) is 57.8 Å². The van der Waals surface area contributed by atoms with E-state index < -0.39 is 11.0 Å². The number of H-pyrrole nitrogens is 1. The van der Waals surface area contributed by atoms with Gasteiger partial charge in [0.15, 0.2) is 11.5 Å². The number of hydrogen-bond donors (Lipinski definition) is 2. The van der Waals surface area contributed by atoms with Crippen molar-refractivity contribution >= 4 is 23.2 Å². The first-order chi connectivity index (χ1) is 16.3. The molecule has 0 aromatic carbocycles. The molecule has 0 aliphatic carbocycles. The van der Waals surface area contributed by atoms with Gasteiger partial charge in [0.25, 0.3) is 0 Å². The lowest BCUT2D eigenvalue weighted by Gasteiger charge is -2.40. The van der Waals surface area contributed by atoms with E-state index in [9.17, 15) is 4.79 Å². The van der Waals surface area contributed by atoms with Crippen molar-refractivity contribution in [3.05, 3.63) is 16.5 Å². The fourth-order valence-electron chi connectivity index (χ4n) is 4.50. The van der Waals surface area contributed by atoms with Gasteiger partial charge in [0, 0.05) is 22.8 Å². The Morgan fingerprint density at radius 1 is 0.857 bits per heavy atom. The molecule has 0 atom stereocenters. The maximum Gasteiger partial charge on any atom is 0.220 e. The number of unbranched alkanes of at least 4 members (excludes halogenated alkanes) is 10. The number of aromatic amines is 1. The zero-order valence-electron chi connectivity index (χ0n) is 23.6. The summed E-state index contributed by atoms with van der Waals surface area (Å²) in [4.78, 5) is 12.8. The molecular weight excluding hydrogens is 458 g/mol. The average Bonchev–Trinajstić information content (AvgIpc) is 3.32. The van der Waals surface area contributed by atoms with E-state index in [1.807, 2.05) is 4.52 Å². The van der Waals surface area contributed by atoms with Crippen LogP contribution >= 0.6 is 11.6 Å². The van der Waals surface area contributed by atoms with Gasteiger partial charge >= 0.3 is 0 Å². The number of hydrogen-bond acceptors (Lipinski definition) is 3. The lowest BCUT2D eigenvalue weighted by Crippen LogP contribution is -2.56. The van der Waals surface area contributed by atoms with Crippen LogP contribution < -0.4 is 5.32 Å². The average molecular weight is 508 g/mol. The van der Waals surface area contributed by atoms with Crippen molar-refractivity contribution in [2.75, 3.05) is 0 Å². The minimum absolute atomic E-state index is 0.0969. The molecule has 1 amide bonds. The first kappa shape index (κ1) is 29.7. The Morgan fingerprint density at radius 2 is 1.37 bits per heavy atom. The normalized spacial score (nSPS) is 13.1. The maximum atomic E-state index is 12.8. The zero-order chi connectivity index (χ0) is 26.3. The molecule has 0 radical (unpaired) electrons. The molecule has 0 aliphatic rings. The van der Waals surface area contributed by atoms with Crippen LogP contribution in [0.1, 0.15) is 144 Å². The highest BCUT2D eigenvalue weighted by atomic mass is 35.5. The number of nitrogens with one attached hydrogen (secondary N) is 2. The van der Waals surface area contributed by atoms with Crippen molar-refractivity contribution in [3.8, 4) is 0 Å². The van der Waals surface area contributed by atoms with Crippen LogP contribution in [0.5, 0.6) is 0 Å². The lowest BCUT2D eigenvalue weighted by atomic mass is 9.73. The zero-order valence-corrected chi connectivity index (χ0v) is 24.4. The maximum absolute atomic E-state index is 12.8. The molecule has 2 heterocycles. The largest absolute Gasteiger partial charge is 0.350 e. The van der Waals surface area contributed by atoms with E-state index in [0.717, 1.165) is 24.4 Å². The standard InChI is InChI=1S/C28H50ClN5O/c1-9-10-11-12-13-14-15-16-17-18-19-20-21(35)30-28(7,8)27(5,6)25-32-31-24-22(29)23(26(2,3)4)33-34(24)25/h33H,9-20H2,1-8H3,(H,30,35). The summed E-state index contributed by atoms with van der Waals surface area (Å²) in [5.74, 6) is 0.851. The van der Waals surface area contributed by atoms with Crippen LogP contribution in [0, 0.1) is 0 Å². The molecule has 0 saturated heterocycles. The third-order valence-electron chi connectivity index (χ3n) is 7.63. The Kier molecular flexibility index (Phi) is 10.7. The van der Waals surface area contributed by atoms with Crippen LogP contribution in [0.3, 0.4) is 0 Å². The topological polar surface area (TPSA) is 75.1 Å². The molecule has 0 spiro atoms. The van der Waals surface area contributed by atoms with Crippen molar-refractivity contribution in [1.29, 1.82) is 0 Å². The first-order valence-electron chi connectivity index (χ1n) is 13.8. The molecule has 2 rings (SSSR count). The van der Waals surface area contributed by atoms with E-state index in [1.54, 1.807) is 0 Å². The van der Waals surface area contributed by atoms with Crippen LogP contribution in [-0.4, -0.2) is 31.3 Å². The van der Waals surface area contributed by atoms with Crippen LogP contribution in [0.15, 0.2) is 0 Å². The molecule has 6 nitrogen and oxygen atoms in total. The molecule has 0 bridgehead atoms. The number of halogens is 1. The van der Waals surface area contributed by atoms with Crippen molar-refractivity contribution in [1.82, 2.24) is 25.1 Å². The second-order valence-electron chi connectivity index (χ2n) is 12.3. The second-order valence-corrected chi connectivity index (χ2v) is 12.7. The van der Waals surface area contributed by atoms with E-state index in [0.29, 0.717) is 17.1 Å². The van der Waals surface area contributed by atoms with Crippen LogP contribution in [-0.2, 0) is 15.6 Å². The Labute approximate surface area is 218 Å². The van der Waals surface area contributed by atoms with Crippen molar-refractivity contribution in [2.24, 2.45) is 0 Å². The molecule has 2 aromatic rings. The highest BCUT2D eigenvalue weighted by Gasteiger charge is 2.44. The molecule has 35 heavy (non-hydrogen) atoms. The number of carbonyl (C=O) groups is 1. The van der Waals surface area contributed by atoms with Gasteiger partial charge in [-0.25, -0.2) is 4.52 Å². The van der Waals surface area contributed by atoms with Crippen LogP contribution in [0.25, 0.3) is 5.65 Å². The van der Waals surface area contributed by atoms with Crippen molar-refractivity contribution in [3.63, 3.8) is 0 Å². The fourth-order valence-corrected chi connectivity index (χ4v) is 4.95. The monoisotopic (exact) mass is 507 g/mol. The summed E-state index contributed by atoms with van der Waals surface area (Å²) in [6, 6.07) is 0. The lowest BCUT2D eigenvalue weighted by molar-refractivity contribution is -0.123.